The molecule has 3 aliphatic rings. The van der Waals surface area contributed by atoms with Gasteiger partial charge in [-0.05, 0) is 25.1 Å². The Bertz CT molecular complexity index is 806. The summed E-state index contributed by atoms with van der Waals surface area (Å²) in [6.45, 7) is 1.92. The highest BCUT2D eigenvalue weighted by Crippen LogP contribution is 2.53. The van der Waals surface area contributed by atoms with Gasteiger partial charge in [0.1, 0.15) is 11.5 Å². The molecule has 138 valence electrons. The summed E-state index contributed by atoms with van der Waals surface area (Å²) in [5.74, 6) is -2.50. The van der Waals surface area contributed by atoms with Gasteiger partial charge in [0, 0.05) is 5.69 Å². The molecule has 0 saturated carbocycles. The summed E-state index contributed by atoms with van der Waals surface area (Å²) >= 11 is 0. The van der Waals surface area contributed by atoms with Gasteiger partial charge in [-0.15, -0.1) is 0 Å². The Labute approximate surface area is 147 Å². The normalized spacial score (nSPS) is 32.2. The van der Waals surface area contributed by atoms with Crippen LogP contribution in [0.5, 0.6) is 0 Å². The monoisotopic (exact) mass is 367 g/mol. The Kier molecular flexibility index (Phi) is 3.66. The molecule has 8 heteroatoms. The van der Waals surface area contributed by atoms with E-state index in [1.165, 1.54) is 17.0 Å². The lowest BCUT2D eigenvalue weighted by atomic mass is 9.77. The van der Waals surface area contributed by atoms with Crippen LogP contribution in [0.2, 0.25) is 0 Å². The van der Waals surface area contributed by atoms with E-state index >= 15 is 0 Å². The number of anilines is 1. The number of carbonyl (C=O) groups is 2. The Hall–Kier alpha value is -2.35. The largest absolute Gasteiger partial charge is 0.466 e. The number of amides is 1. The second kappa shape index (κ2) is 5.57. The summed E-state index contributed by atoms with van der Waals surface area (Å²) in [6.07, 6.45) is -1.58. The van der Waals surface area contributed by atoms with Crippen molar-refractivity contribution in [2.75, 3.05) is 18.1 Å². The van der Waals surface area contributed by atoms with Gasteiger partial charge in [-0.2, -0.15) is 13.2 Å². The van der Waals surface area contributed by atoms with Crippen LogP contribution in [0, 0.1) is 11.8 Å². The van der Waals surface area contributed by atoms with Gasteiger partial charge in [0.05, 0.1) is 30.7 Å². The van der Waals surface area contributed by atoms with Crippen molar-refractivity contribution in [3.8, 4) is 0 Å². The van der Waals surface area contributed by atoms with Crippen LogP contribution in [0.15, 0.2) is 36.4 Å². The number of halogens is 3. The molecule has 1 aromatic rings. The lowest BCUT2D eigenvalue weighted by Gasteiger charge is -2.22. The first kappa shape index (κ1) is 17.1. The SMILES string of the molecule is CCOC(=O)[C@H]1[C@H]2C(=O)N(c3cccc(C(F)(F)F)c3)C[C@]23C=C[C@H]1O3. The summed E-state index contributed by atoms with van der Waals surface area (Å²) in [7, 11) is 0. The van der Waals surface area contributed by atoms with E-state index in [-0.39, 0.29) is 18.8 Å². The molecule has 0 N–H and O–H groups in total. The van der Waals surface area contributed by atoms with Crippen LogP contribution in [-0.4, -0.2) is 36.7 Å². The highest BCUT2D eigenvalue weighted by atomic mass is 19.4. The smallest absolute Gasteiger partial charge is 0.416 e. The van der Waals surface area contributed by atoms with E-state index in [1.807, 2.05) is 0 Å². The van der Waals surface area contributed by atoms with Crippen molar-refractivity contribution in [3.63, 3.8) is 0 Å². The van der Waals surface area contributed by atoms with E-state index in [0.717, 1.165) is 12.1 Å². The number of alkyl halides is 3. The molecule has 0 aliphatic carbocycles. The van der Waals surface area contributed by atoms with Gasteiger partial charge >= 0.3 is 12.1 Å². The van der Waals surface area contributed by atoms with Crippen molar-refractivity contribution in [2.45, 2.75) is 24.8 Å². The third-order valence-electron chi connectivity index (χ3n) is 5.14. The summed E-state index contributed by atoms with van der Waals surface area (Å²) in [4.78, 5) is 26.5. The highest BCUT2D eigenvalue weighted by molar-refractivity contribution is 6.02. The molecule has 2 bridgehead atoms. The van der Waals surface area contributed by atoms with E-state index in [9.17, 15) is 22.8 Å². The number of ether oxygens (including phenoxy) is 2. The Morgan fingerprint density at radius 1 is 1.42 bits per heavy atom. The zero-order valence-corrected chi connectivity index (χ0v) is 13.8. The average molecular weight is 367 g/mol. The van der Waals surface area contributed by atoms with Gasteiger partial charge in [0.15, 0.2) is 0 Å². The van der Waals surface area contributed by atoms with Gasteiger partial charge < -0.3 is 14.4 Å². The summed E-state index contributed by atoms with van der Waals surface area (Å²) in [5, 5.41) is 0. The number of nitrogens with zero attached hydrogens (tertiary/aromatic N) is 1. The Morgan fingerprint density at radius 2 is 2.19 bits per heavy atom. The molecule has 0 radical (unpaired) electrons. The van der Waals surface area contributed by atoms with Crippen molar-refractivity contribution in [1.82, 2.24) is 0 Å². The molecule has 1 amide bonds. The molecule has 3 aliphatic heterocycles. The number of fused-ring (bicyclic) bond motifs is 1. The average Bonchev–Trinajstić information content (AvgIpc) is 3.23. The number of rotatable bonds is 3. The minimum Gasteiger partial charge on any atom is -0.466 e. The molecule has 0 unspecified atom stereocenters. The molecule has 1 spiro atoms. The lowest BCUT2D eigenvalue weighted by molar-refractivity contribution is -0.151. The maximum atomic E-state index is 13.0. The molecule has 4 atom stereocenters. The predicted octanol–water partition coefficient (Wildman–Crippen LogP) is 2.55. The maximum absolute atomic E-state index is 13.0. The number of hydrogen-bond acceptors (Lipinski definition) is 4. The number of carbonyl (C=O) groups excluding carboxylic acids is 2. The van der Waals surface area contributed by atoms with Gasteiger partial charge in [-0.1, -0.05) is 18.2 Å². The van der Waals surface area contributed by atoms with Crippen molar-refractivity contribution < 1.29 is 32.2 Å². The number of hydrogen-bond donors (Lipinski definition) is 0. The Balaban J connectivity index is 1.68. The molecular weight excluding hydrogens is 351 g/mol. The third kappa shape index (κ3) is 2.35. The van der Waals surface area contributed by atoms with E-state index in [2.05, 4.69) is 0 Å². The van der Waals surface area contributed by atoms with Crippen LogP contribution in [-0.2, 0) is 25.2 Å². The van der Waals surface area contributed by atoms with Crippen molar-refractivity contribution in [3.05, 3.63) is 42.0 Å². The van der Waals surface area contributed by atoms with Gasteiger partial charge in [-0.25, -0.2) is 0 Å². The minimum atomic E-state index is -4.50. The van der Waals surface area contributed by atoms with Crippen LogP contribution in [0.4, 0.5) is 18.9 Å². The van der Waals surface area contributed by atoms with E-state index < -0.39 is 47.2 Å². The van der Waals surface area contributed by atoms with E-state index in [4.69, 9.17) is 9.47 Å². The predicted molar refractivity (Wildman–Crippen MR) is 84.2 cm³/mol. The first-order valence-electron chi connectivity index (χ1n) is 8.29. The molecule has 4 rings (SSSR count). The second-order valence-corrected chi connectivity index (χ2v) is 6.62. The molecule has 0 aromatic heterocycles. The van der Waals surface area contributed by atoms with Crippen molar-refractivity contribution in [2.24, 2.45) is 11.8 Å². The van der Waals surface area contributed by atoms with Crippen LogP contribution in [0.25, 0.3) is 0 Å². The summed E-state index contributed by atoms with van der Waals surface area (Å²) in [5.41, 5.74) is -1.69. The van der Waals surface area contributed by atoms with Crippen LogP contribution in [0.1, 0.15) is 12.5 Å². The standard InChI is InChI=1S/C18H16F3NO4/c1-2-25-16(24)13-12-6-7-17(26-12)9-22(15(23)14(13)17)11-5-3-4-10(8-11)18(19,20)21/h3-8,12-14H,2,9H2,1H3/t12-,13-,14+,17-/m1/s1. The van der Waals surface area contributed by atoms with Gasteiger partial charge in [0.25, 0.3) is 0 Å². The summed E-state index contributed by atoms with van der Waals surface area (Å²) in [6, 6.07) is 4.59. The quantitative estimate of drug-likeness (QED) is 0.609. The minimum absolute atomic E-state index is 0.0702. The van der Waals surface area contributed by atoms with E-state index in [0.29, 0.717) is 0 Å². The fraction of sp³-hybridized carbons (Fsp3) is 0.444. The topological polar surface area (TPSA) is 55.8 Å². The number of esters is 1. The van der Waals surface area contributed by atoms with Crippen molar-refractivity contribution in [1.29, 1.82) is 0 Å². The molecule has 3 heterocycles. The molecule has 2 saturated heterocycles. The van der Waals surface area contributed by atoms with Gasteiger partial charge in [0.2, 0.25) is 5.91 Å². The van der Waals surface area contributed by atoms with Gasteiger partial charge in [-0.3, -0.25) is 9.59 Å². The summed E-state index contributed by atoms with van der Waals surface area (Å²) < 4.78 is 49.9. The third-order valence-corrected chi connectivity index (χ3v) is 5.14. The zero-order chi connectivity index (χ0) is 18.7. The lowest BCUT2D eigenvalue weighted by Crippen LogP contribution is -2.40. The Morgan fingerprint density at radius 3 is 2.88 bits per heavy atom. The molecule has 26 heavy (non-hydrogen) atoms. The number of benzene rings is 1. The van der Waals surface area contributed by atoms with E-state index in [1.54, 1.807) is 19.1 Å². The fourth-order valence-electron chi connectivity index (χ4n) is 4.07. The fourth-order valence-corrected chi connectivity index (χ4v) is 4.07. The zero-order valence-electron chi connectivity index (χ0n) is 13.8. The molecular formula is C18H16F3NO4. The first-order valence-corrected chi connectivity index (χ1v) is 8.29. The van der Waals surface area contributed by atoms with Crippen LogP contribution < -0.4 is 4.90 Å². The molecule has 5 nitrogen and oxygen atoms in total. The maximum Gasteiger partial charge on any atom is 0.416 e. The van der Waals surface area contributed by atoms with Crippen LogP contribution in [0.3, 0.4) is 0 Å². The van der Waals surface area contributed by atoms with Crippen molar-refractivity contribution >= 4 is 17.6 Å². The molecule has 2 fully saturated rings. The first-order chi connectivity index (χ1) is 12.3. The highest BCUT2D eigenvalue weighted by Gasteiger charge is 2.67. The van der Waals surface area contributed by atoms with Crippen LogP contribution >= 0.6 is 0 Å². The second-order valence-electron chi connectivity index (χ2n) is 6.62. The molecule has 1 aromatic carbocycles.